The minimum Gasteiger partial charge on any atom is -0.392 e. The van der Waals surface area contributed by atoms with Gasteiger partial charge in [-0.3, -0.25) is 0 Å². The van der Waals surface area contributed by atoms with E-state index in [9.17, 15) is 0 Å². The van der Waals surface area contributed by atoms with Gasteiger partial charge in [-0.25, -0.2) is 9.97 Å². The van der Waals surface area contributed by atoms with E-state index in [2.05, 4.69) is 15.3 Å². The van der Waals surface area contributed by atoms with Crippen LogP contribution in [0.4, 0.5) is 5.82 Å². The summed E-state index contributed by atoms with van der Waals surface area (Å²) >= 11 is 5.96. The van der Waals surface area contributed by atoms with Crippen molar-refractivity contribution in [1.29, 1.82) is 0 Å². The minimum absolute atomic E-state index is 0.0554. The molecule has 0 saturated heterocycles. The number of para-hydroxylation sites is 1. The monoisotopic (exact) mass is 299 g/mol. The van der Waals surface area contributed by atoms with Gasteiger partial charge in [0.1, 0.15) is 5.82 Å². The third kappa shape index (κ3) is 3.12. The van der Waals surface area contributed by atoms with E-state index in [1.807, 2.05) is 48.5 Å². The highest BCUT2D eigenvalue weighted by atomic mass is 35.5. The second-order valence-electron chi connectivity index (χ2n) is 4.69. The summed E-state index contributed by atoms with van der Waals surface area (Å²) in [5.74, 6) is 0.719. The van der Waals surface area contributed by atoms with Gasteiger partial charge in [0.15, 0.2) is 0 Å². The second kappa shape index (κ2) is 6.08. The van der Waals surface area contributed by atoms with Crippen LogP contribution in [0.15, 0.2) is 48.5 Å². The van der Waals surface area contributed by atoms with Gasteiger partial charge in [-0.15, -0.1) is 0 Å². The average Bonchev–Trinajstić information content (AvgIpc) is 2.53. The van der Waals surface area contributed by atoms with Gasteiger partial charge in [0.2, 0.25) is 5.28 Å². The highest BCUT2D eigenvalue weighted by Crippen LogP contribution is 2.22. The Labute approximate surface area is 127 Å². The fraction of sp³-hybridized carbons (Fsp3) is 0.125. The van der Waals surface area contributed by atoms with Crippen LogP contribution in [-0.4, -0.2) is 15.1 Å². The van der Waals surface area contributed by atoms with E-state index >= 15 is 0 Å². The van der Waals surface area contributed by atoms with Crippen LogP contribution in [0.3, 0.4) is 0 Å². The van der Waals surface area contributed by atoms with Crippen molar-refractivity contribution in [1.82, 2.24) is 9.97 Å². The average molecular weight is 300 g/mol. The molecule has 0 bridgehead atoms. The lowest BCUT2D eigenvalue weighted by Gasteiger charge is -2.09. The number of fused-ring (bicyclic) bond motifs is 1. The summed E-state index contributed by atoms with van der Waals surface area (Å²) in [5, 5.41) is 13.5. The maximum absolute atomic E-state index is 9.04. The first kappa shape index (κ1) is 13.8. The molecular formula is C16H14ClN3O. The summed E-state index contributed by atoms with van der Waals surface area (Å²) in [6.45, 7) is 0.683. The number of nitrogens with one attached hydrogen (secondary N) is 1. The molecule has 4 nitrogen and oxygen atoms in total. The van der Waals surface area contributed by atoms with Crippen molar-refractivity contribution < 1.29 is 5.11 Å². The van der Waals surface area contributed by atoms with Crippen molar-refractivity contribution in [2.24, 2.45) is 0 Å². The largest absolute Gasteiger partial charge is 0.392 e. The van der Waals surface area contributed by atoms with Gasteiger partial charge < -0.3 is 10.4 Å². The molecule has 0 saturated carbocycles. The van der Waals surface area contributed by atoms with Crippen LogP contribution in [-0.2, 0) is 13.2 Å². The number of nitrogens with zero attached hydrogens (tertiary/aromatic N) is 2. The van der Waals surface area contributed by atoms with Crippen molar-refractivity contribution in [3.8, 4) is 0 Å². The lowest BCUT2D eigenvalue weighted by molar-refractivity contribution is 0.282. The summed E-state index contributed by atoms with van der Waals surface area (Å²) in [4.78, 5) is 8.45. The third-order valence-electron chi connectivity index (χ3n) is 3.24. The Hall–Kier alpha value is -2.17. The first-order valence-electron chi connectivity index (χ1n) is 6.61. The number of halogens is 1. The van der Waals surface area contributed by atoms with Crippen molar-refractivity contribution in [3.05, 3.63) is 64.9 Å². The SMILES string of the molecule is OCc1ccc(CNc2nc(Cl)nc3ccccc23)cc1. The number of aliphatic hydroxyl groups is 1. The molecule has 0 amide bonds. The van der Waals surface area contributed by atoms with Gasteiger partial charge in [-0.05, 0) is 34.9 Å². The predicted molar refractivity (Wildman–Crippen MR) is 84.2 cm³/mol. The zero-order valence-corrected chi connectivity index (χ0v) is 12.0. The number of anilines is 1. The standard InChI is InChI=1S/C16H14ClN3O/c17-16-19-14-4-2-1-3-13(14)15(20-16)18-9-11-5-7-12(10-21)8-6-11/h1-8,21H,9-10H2,(H,18,19,20). The smallest absolute Gasteiger partial charge is 0.224 e. The zero-order valence-electron chi connectivity index (χ0n) is 11.3. The molecule has 0 spiro atoms. The van der Waals surface area contributed by atoms with E-state index in [1.165, 1.54) is 0 Å². The molecule has 21 heavy (non-hydrogen) atoms. The van der Waals surface area contributed by atoms with Gasteiger partial charge in [0.25, 0.3) is 0 Å². The van der Waals surface area contributed by atoms with Crippen molar-refractivity contribution >= 4 is 28.3 Å². The number of rotatable bonds is 4. The van der Waals surface area contributed by atoms with Crippen LogP contribution < -0.4 is 5.32 Å². The number of hydrogen-bond acceptors (Lipinski definition) is 4. The van der Waals surface area contributed by atoms with Crippen LogP contribution in [0, 0.1) is 0 Å². The molecule has 2 N–H and O–H groups in total. The maximum Gasteiger partial charge on any atom is 0.224 e. The molecule has 2 aromatic carbocycles. The summed E-state index contributed by atoms with van der Waals surface area (Å²) in [7, 11) is 0. The molecule has 0 fully saturated rings. The Morgan fingerprint density at radius 2 is 1.67 bits per heavy atom. The normalized spacial score (nSPS) is 10.8. The fourth-order valence-electron chi connectivity index (χ4n) is 2.13. The molecule has 0 unspecified atom stereocenters. The highest BCUT2D eigenvalue weighted by Gasteiger charge is 2.05. The molecule has 0 aliphatic heterocycles. The van der Waals surface area contributed by atoms with Gasteiger partial charge in [0.05, 0.1) is 12.1 Å². The first-order valence-corrected chi connectivity index (χ1v) is 6.99. The molecule has 3 rings (SSSR count). The number of benzene rings is 2. The van der Waals surface area contributed by atoms with Crippen LogP contribution >= 0.6 is 11.6 Å². The van der Waals surface area contributed by atoms with Crippen molar-refractivity contribution in [3.63, 3.8) is 0 Å². The van der Waals surface area contributed by atoms with E-state index in [0.29, 0.717) is 6.54 Å². The van der Waals surface area contributed by atoms with Gasteiger partial charge >= 0.3 is 0 Å². The topological polar surface area (TPSA) is 58.0 Å². The van der Waals surface area contributed by atoms with E-state index in [4.69, 9.17) is 16.7 Å². The second-order valence-corrected chi connectivity index (χ2v) is 5.02. The van der Waals surface area contributed by atoms with Gasteiger partial charge in [-0.1, -0.05) is 36.4 Å². The molecular weight excluding hydrogens is 286 g/mol. The van der Waals surface area contributed by atoms with Gasteiger partial charge in [0, 0.05) is 11.9 Å². The molecule has 106 valence electrons. The maximum atomic E-state index is 9.04. The Bertz CT molecular complexity index is 759. The third-order valence-corrected chi connectivity index (χ3v) is 3.41. The highest BCUT2D eigenvalue weighted by molar-refractivity contribution is 6.28. The van der Waals surface area contributed by atoms with Crippen molar-refractivity contribution in [2.45, 2.75) is 13.2 Å². The Morgan fingerprint density at radius 3 is 2.43 bits per heavy atom. The van der Waals surface area contributed by atoms with Crippen molar-refractivity contribution in [2.75, 3.05) is 5.32 Å². The summed E-state index contributed by atoms with van der Waals surface area (Å²) in [5.41, 5.74) is 2.82. The van der Waals surface area contributed by atoms with E-state index in [1.54, 1.807) is 0 Å². The Balaban J connectivity index is 1.84. The molecule has 0 atom stereocenters. The number of aliphatic hydroxyl groups excluding tert-OH is 1. The molecule has 0 aliphatic carbocycles. The van der Waals surface area contributed by atoms with E-state index < -0.39 is 0 Å². The van der Waals surface area contributed by atoms with Crippen LogP contribution in [0.2, 0.25) is 5.28 Å². The lowest BCUT2D eigenvalue weighted by Crippen LogP contribution is -2.03. The van der Waals surface area contributed by atoms with Gasteiger partial charge in [-0.2, -0.15) is 0 Å². The predicted octanol–water partition coefficient (Wildman–Crippen LogP) is 3.39. The van der Waals surface area contributed by atoms with E-state index in [-0.39, 0.29) is 11.9 Å². The molecule has 0 aliphatic rings. The minimum atomic E-state index is 0.0554. The van der Waals surface area contributed by atoms with Crippen LogP contribution in [0.5, 0.6) is 0 Å². The van der Waals surface area contributed by atoms with Crippen LogP contribution in [0.1, 0.15) is 11.1 Å². The molecule has 1 heterocycles. The molecule has 5 heteroatoms. The molecule has 0 radical (unpaired) electrons. The van der Waals surface area contributed by atoms with Crippen LogP contribution in [0.25, 0.3) is 10.9 Å². The molecule has 1 aromatic heterocycles. The summed E-state index contributed by atoms with van der Waals surface area (Å²) < 4.78 is 0. The number of aromatic nitrogens is 2. The Kier molecular flexibility index (Phi) is 3.99. The zero-order chi connectivity index (χ0) is 14.7. The summed E-state index contributed by atoms with van der Waals surface area (Å²) in [6, 6.07) is 15.5. The van der Waals surface area contributed by atoms with E-state index in [0.717, 1.165) is 27.8 Å². The first-order chi connectivity index (χ1) is 10.3. The summed E-state index contributed by atoms with van der Waals surface area (Å²) in [6.07, 6.45) is 0. The lowest BCUT2D eigenvalue weighted by atomic mass is 10.1. The number of hydrogen-bond donors (Lipinski definition) is 2. The Morgan fingerprint density at radius 1 is 0.952 bits per heavy atom. The fourth-order valence-corrected chi connectivity index (χ4v) is 2.31. The quantitative estimate of drug-likeness (QED) is 0.725. The molecule has 3 aromatic rings.